The Bertz CT molecular complexity index is 1250. The van der Waals surface area contributed by atoms with Crippen LogP contribution in [0.15, 0.2) is 53.7 Å². The number of anilines is 1. The molecule has 10 nitrogen and oxygen atoms in total. The minimum absolute atomic E-state index is 0.151. The number of ether oxygens (including phenoxy) is 1. The van der Waals surface area contributed by atoms with Gasteiger partial charge >= 0.3 is 11.7 Å². The SMILES string of the molecule is CCOC(=O)C1=C(C)Nc2nc(-c3ccc(Cl)cc3)nn2C1c1ccc(O)c([N+](=O)[O-])c1. The first-order chi connectivity index (χ1) is 15.3. The maximum atomic E-state index is 12.8. The Balaban J connectivity index is 1.90. The maximum absolute atomic E-state index is 12.8. The average molecular weight is 456 g/mol. The number of nitro benzene ring substituents is 1. The zero-order valence-electron chi connectivity index (χ0n) is 17.1. The molecule has 1 atom stereocenters. The van der Waals surface area contributed by atoms with Gasteiger partial charge in [-0.2, -0.15) is 4.98 Å². The van der Waals surface area contributed by atoms with Crippen LogP contribution >= 0.6 is 11.6 Å². The number of allylic oxidation sites excluding steroid dienone is 1. The van der Waals surface area contributed by atoms with Gasteiger partial charge < -0.3 is 15.2 Å². The van der Waals surface area contributed by atoms with E-state index in [9.17, 15) is 20.0 Å². The molecule has 0 fully saturated rings. The zero-order valence-corrected chi connectivity index (χ0v) is 17.8. The third-order valence-electron chi connectivity index (χ3n) is 4.96. The Morgan fingerprint density at radius 1 is 1.31 bits per heavy atom. The van der Waals surface area contributed by atoms with Crippen molar-refractivity contribution >= 4 is 29.2 Å². The smallest absolute Gasteiger partial charge is 0.338 e. The second-order valence-corrected chi connectivity index (χ2v) is 7.44. The van der Waals surface area contributed by atoms with E-state index in [1.807, 2.05) is 0 Å². The van der Waals surface area contributed by atoms with Crippen molar-refractivity contribution in [3.05, 3.63) is 74.4 Å². The fraction of sp³-hybridized carbons (Fsp3) is 0.190. The summed E-state index contributed by atoms with van der Waals surface area (Å²) in [6.45, 7) is 3.52. The molecule has 0 saturated heterocycles. The van der Waals surface area contributed by atoms with Crippen LogP contribution in [0.25, 0.3) is 11.4 Å². The van der Waals surface area contributed by atoms with Gasteiger partial charge in [0.15, 0.2) is 11.6 Å². The lowest BCUT2D eigenvalue weighted by molar-refractivity contribution is -0.385. The average Bonchev–Trinajstić information content (AvgIpc) is 3.17. The summed E-state index contributed by atoms with van der Waals surface area (Å²) in [5.74, 6) is -0.347. The van der Waals surface area contributed by atoms with Crippen LogP contribution in [0.3, 0.4) is 0 Å². The van der Waals surface area contributed by atoms with Crippen molar-refractivity contribution < 1.29 is 19.6 Å². The van der Waals surface area contributed by atoms with Gasteiger partial charge in [-0.15, -0.1) is 5.10 Å². The van der Waals surface area contributed by atoms with Crippen LogP contribution in [-0.2, 0) is 9.53 Å². The topological polar surface area (TPSA) is 132 Å². The first-order valence-electron chi connectivity index (χ1n) is 9.64. The Morgan fingerprint density at radius 2 is 2.03 bits per heavy atom. The predicted octanol–water partition coefficient (Wildman–Crippen LogP) is 4.06. The van der Waals surface area contributed by atoms with Crippen LogP contribution in [0.1, 0.15) is 25.5 Å². The predicted molar refractivity (Wildman–Crippen MR) is 116 cm³/mol. The van der Waals surface area contributed by atoms with Crippen LogP contribution in [0, 0.1) is 10.1 Å². The van der Waals surface area contributed by atoms with E-state index >= 15 is 0 Å². The van der Waals surface area contributed by atoms with Crippen LogP contribution in [0.4, 0.5) is 11.6 Å². The molecule has 1 aliphatic rings. The number of nitro groups is 1. The number of benzene rings is 2. The first kappa shape index (κ1) is 21.3. The molecule has 2 N–H and O–H groups in total. The second kappa shape index (κ2) is 8.31. The molecule has 0 bridgehead atoms. The van der Waals surface area contributed by atoms with E-state index in [0.29, 0.717) is 33.6 Å². The fourth-order valence-electron chi connectivity index (χ4n) is 3.51. The summed E-state index contributed by atoms with van der Waals surface area (Å²) >= 11 is 5.97. The highest BCUT2D eigenvalue weighted by atomic mass is 35.5. The van der Waals surface area contributed by atoms with Crippen molar-refractivity contribution in [1.29, 1.82) is 0 Å². The molecule has 1 aliphatic heterocycles. The number of nitrogens with one attached hydrogen (secondary N) is 1. The van der Waals surface area contributed by atoms with E-state index in [1.54, 1.807) is 38.1 Å². The number of aromatic nitrogens is 3. The van der Waals surface area contributed by atoms with Gasteiger partial charge in [-0.05, 0) is 49.7 Å². The molecular weight excluding hydrogens is 438 g/mol. The summed E-state index contributed by atoms with van der Waals surface area (Å²) in [6.07, 6.45) is 0. The lowest BCUT2D eigenvalue weighted by Crippen LogP contribution is -2.29. The fourth-order valence-corrected chi connectivity index (χ4v) is 3.64. The molecule has 0 amide bonds. The van der Waals surface area contributed by atoms with Crippen LogP contribution < -0.4 is 5.32 Å². The van der Waals surface area contributed by atoms with Gasteiger partial charge in [0.1, 0.15) is 6.04 Å². The molecule has 11 heteroatoms. The van der Waals surface area contributed by atoms with E-state index < -0.39 is 28.4 Å². The van der Waals surface area contributed by atoms with E-state index in [2.05, 4.69) is 15.4 Å². The quantitative estimate of drug-likeness (QED) is 0.334. The summed E-state index contributed by atoms with van der Waals surface area (Å²) in [4.78, 5) is 28.0. The minimum atomic E-state index is -0.863. The molecule has 2 heterocycles. The Kier molecular flexibility index (Phi) is 5.54. The van der Waals surface area contributed by atoms with E-state index in [1.165, 1.54) is 22.9 Å². The Labute approximate surface area is 187 Å². The van der Waals surface area contributed by atoms with Gasteiger partial charge in [-0.25, -0.2) is 9.48 Å². The van der Waals surface area contributed by atoms with Gasteiger partial charge in [-0.1, -0.05) is 17.7 Å². The molecule has 0 saturated carbocycles. The second-order valence-electron chi connectivity index (χ2n) is 7.00. The summed E-state index contributed by atoms with van der Waals surface area (Å²) in [5.41, 5.74) is 1.29. The van der Waals surface area contributed by atoms with Gasteiger partial charge in [0, 0.05) is 22.3 Å². The molecule has 1 aromatic heterocycles. The number of halogens is 1. The molecule has 2 aromatic carbocycles. The number of phenols is 1. The number of fused-ring (bicyclic) bond motifs is 1. The molecule has 4 rings (SSSR count). The highest BCUT2D eigenvalue weighted by Crippen LogP contribution is 2.39. The molecule has 1 unspecified atom stereocenters. The normalized spacial score (nSPS) is 15.2. The number of phenolic OH excluding ortho intramolecular Hbond substituents is 1. The van der Waals surface area contributed by atoms with Crippen molar-refractivity contribution in [2.75, 3.05) is 11.9 Å². The number of nitrogens with zero attached hydrogens (tertiary/aromatic N) is 4. The zero-order chi connectivity index (χ0) is 23.0. The third-order valence-corrected chi connectivity index (χ3v) is 5.21. The third kappa shape index (κ3) is 3.76. The highest BCUT2D eigenvalue weighted by Gasteiger charge is 2.36. The molecule has 0 spiro atoms. The number of esters is 1. The summed E-state index contributed by atoms with van der Waals surface area (Å²) < 4.78 is 6.70. The Morgan fingerprint density at radius 3 is 2.69 bits per heavy atom. The lowest BCUT2D eigenvalue weighted by atomic mass is 9.95. The van der Waals surface area contributed by atoms with Gasteiger partial charge in [0.2, 0.25) is 5.95 Å². The van der Waals surface area contributed by atoms with E-state index in [4.69, 9.17) is 16.3 Å². The molecular formula is C21H18ClN5O5. The van der Waals surface area contributed by atoms with Gasteiger partial charge in [0.25, 0.3) is 0 Å². The standard InChI is InChI=1S/C21H18ClN5O5/c1-3-32-20(29)17-11(2)23-21-24-19(12-4-7-14(22)8-5-12)25-26(21)18(17)13-6-9-16(28)15(10-13)27(30)31/h4-10,18,28H,3H2,1-2H3,(H,23,24,25). The summed E-state index contributed by atoms with van der Waals surface area (Å²) in [5, 5.41) is 29.4. The maximum Gasteiger partial charge on any atom is 0.338 e. The van der Waals surface area contributed by atoms with Crippen molar-refractivity contribution in [2.24, 2.45) is 0 Å². The molecule has 3 aromatic rings. The van der Waals surface area contributed by atoms with Crippen LogP contribution in [0.2, 0.25) is 5.02 Å². The summed E-state index contributed by atoms with van der Waals surface area (Å²) in [7, 11) is 0. The van der Waals surface area contributed by atoms with Crippen molar-refractivity contribution in [1.82, 2.24) is 14.8 Å². The van der Waals surface area contributed by atoms with Crippen molar-refractivity contribution in [2.45, 2.75) is 19.9 Å². The van der Waals surface area contributed by atoms with Crippen molar-refractivity contribution in [3.63, 3.8) is 0 Å². The Hall–Kier alpha value is -3.92. The number of carbonyl (C=O) groups excluding carboxylic acids is 1. The first-order valence-corrected chi connectivity index (χ1v) is 10.0. The number of aromatic hydroxyl groups is 1. The molecule has 32 heavy (non-hydrogen) atoms. The largest absolute Gasteiger partial charge is 0.502 e. The number of rotatable bonds is 5. The number of carbonyl (C=O) groups is 1. The molecule has 0 aliphatic carbocycles. The number of hydrogen-bond donors (Lipinski definition) is 2. The molecule has 0 radical (unpaired) electrons. The minimum Gasteiger partial charge on any atom is -0.502 e. The number of hydrogen-bond acceptors (Lipinski definition) is 8. The molecule has 164 valence electrons. The van der Waals surface area contributed by atoms with Gasteiger partial charge in [-0.3, -0.25) is 10.1 Å². The summed E-state index contributed by atoms with van der Waals surface area (Å²) in [6, 6.07) is 10.00. The van der Waals surface area contributed by atoms with Crippen LogP contribution in [-0.4, -0.2) is 37.4 Å². The van der Waals surface area contributed by atoms with Crippen molar-refractivity contribution in [3.8, 4) is 17.1 Å². The van der Waals surface area contributed by atoms with E-state index in [-0.39, 0.29) is 12.2 Å². The van der Waals surface area contributed by atoms with Gasteiger partial charge in [0.05, 0.1) is 17.1 Å². The highest BCUT2D eigenvalue weighted by molar-refractivity contribution is 6.30. The van der Waals surface area contributed by atoms with Crippen LogP contribution in [0.5, 0.6) is 5.75 Å². The lowest BCUT2D eigenvalue weighted by Gasteiger charge is -2.28. The monoisotopic (exact) mass is 455 g/mol. The van der Waals surface area contributed by atoms with E-state index in [0.717, 1.165) is 0 Å².